The number of aromatic nitrogens is 2. The average molecular weight is 192 g/mol. The van der Waals surface area contributed by atoms with Gasteiger partial charge in [0.25, 0.3) is 0 Å². The molecule has 6 nitrogen and oxygen atoms in total. The Kier molecular flexibility index (Phi) is 2.97. The van der Waals surface area contributed by atoms with Gasteiger partial charge in [-0.05, 0) is 0 Å². The van der Waals surface area contributed by atoms with Crippen molar-refractivity contribution in [1.29, 1.82) is 5.26 Å². The molecule has 0 radical (unpaired) electrons. The summed E-state index contributed by atoms with van der Waals surface area (Å²) in [4.78, 5) is 14.7. The maximum absolute atomic E-state index is 10.4. The van der Waals surface area contributed by atoms with E-state index in [1.807, 2.05) is 6.07 Å². The highest BCUT2D eigenvalue weighted by molar-refractivity contribution is 5.82. The molecule has 72 valence electrons. The molecule has 1 aromatic heterocycles. The number of carbonyl (C=O) groups is 1. The Balaban J connectivity index is 2.81. The van der Waals surface area contributed by atoms with Crippen LogP contribution in [-0.2, 0) is 16.7 Å². The van der Waals surface area contributed by atoms with Crippen LogP contribution >= 0.6 is 0 Å². The fraction of sp³-hybridized carbons (Fsp3) is 0.250. The van der Waals surface area contributed by atoms with Gasteiger partial charge in [0.1, 0.15) is 6.07 Å². The topological polar surface area (TPSA) is 80.3 Å². The predicted molar refractivity (Wildman–Crippen MR) is 47.3 cm³/mol. The summed E-state index contributed by atoms with van der Waals surface area (Å²) in [6.07, 6.45) is 2.87. The van der Waals surface area contributed by atoms with Gasteiger partial charge < -0.3 is 4.84 Å². The van der Waals surface area contributed by atoms with Crippen molar-refractivity contribution >= 4 is 12.2 Å². The Morgan fingerprint density at radius 1 is 1.86 bits per heavy atom. The van der Waals surface area contributed by atoms with Crippen LogP contribution in [0.5, 0.6) is 0 Å². The van der Waals surface area contributed by atoms with Gasteiger partial charge in [-0.15, -0.1) is 0 Å². The van der Waals surface area contributed by atoms with Gasteiger partial charge in [-0.2, -0.15) is 10.4 Å². The Morgan fingerprint density at radius 3 is 3.14 bits per heavy atom. The van der Waals surface area contributed by atoms with Gasteiger partial charge in [0.05, 0.1) is 11.8 Å². The zero-order valence-corrected chi connectivity index (χ0v) is 7.76. The normalized spacial score (nSPS) is 10.1. The number of oxime groups is 1. The van der Waals surface area contributed by atoms with Crippen LogP contribution in [0.1, 0.15) is 18.2 Å². The Hall–Kier alpha value is -2.16. The molecule has 0 aliphatic heterocycles. The van der Waals surface area contributed by atoms with Gasteiger partial charge in [0.2, 0.25) is 0 Å². The van der Waals surface area contributed by atoms with Gasteiger partial charge in [0, 0.05) is 20.2 Å². The molecule has 0 aromatic carbocycles. The summed E-state index contributed by atoms with van der Waals surface area (Å²) in [6.45, 7) is 1.24. The van der Waals surface area contributed by atoms with Crippen molar-refractivity contribution in [3.63, 3.8) is 0 Å². The van der Waals surface area contributed by atoms with E-state index in [0.717, 1.165) is 0 Å². The monoisotopic (exact) mass is 192 g/mol. The van der Waals surface area contributed by atoms with Crippen LogP contribution in [0.2, 0.25) is 0 Å². The minimum Gasteiger partial charge on any atom is -0.319 e. The molecule has 0 unspecified atom stereocenters. The van der Waals surface area contributed by atoms with E-state index in [2.05, 4.69) is 15.1 Å². The summed E-state index contributed by atoms with van der Waals surface area (Å²) < 4.78 is 1.48. The number of nitriles is 1. The molecule has 1 heterocycles. The van der Waals surface area contributed by atoms with Gasteiger partial charge >= 0.3 is 5.97 Å². The van der Waals surface area contributed by atoms with Crippen molar-refractivity contribution in [1.82, 2.24) is 9.78 Å². The number of aryl methyl sites for hydroxylation is 1. The fourth-order valence-electron chi connectivity index (χ4n) is 0.846. The lowest BCUT2D eigenvalue weighted by Crippen LogP contribution is -1.92. The highest BCUT2D eigenvalue weighted by atomic mass is 16.7. The number of rotatable bonds is 2. The van der Waals surface area contributed by atoms with E-state index in [9.17, 15) is 4.79 Å². The molecule has 14 heavy (non-hydrogen) atoms. The van der Waals surface area contributed by atoms with Crippen LogP contribution in [0.15, 0.2) is 11.4 Å². The molecule has 0 atom stereocenters. The molecule has 0 fully saturated rings. The van der Waals surface area contributed by atoms with Crippen molar-refractivity contribution in [3.05, 3.63) is 17.5 Å². The summed E-state index contributed by atoms with van der Waals surface area (Å²) >= 11 is 0. The third-order valence-corrected chi connectivity index (χ3v) is 1.34. The van der Waals surface area contributed by atoms with Crippen molar-refractivity contribution < 1.29 is 9.63 Å². The molecule has 0 aliphatic carbocycles. The van der Waals surface area contributed by atoms with Crippen molar-refractivity contribution in [2.75, 3.05) is 0 Å². The van der Waals surface area contributed by atoms with E-state index in [1.165, 1.54) is 17.8 Å². The van der Waals surface area contributed by atoms with Crippen LogP contribution in [-0.4, -0.2) is 22.0 Å². The van der Waals surface area contributed by atoms with Gasteiger partial charge in [-0.1, -0.05) is 5.16 Å². The molecule has 0 bridgehead atoms. The quantitative estimate of drug-likeness (QED) is 0.380. The first-order valence-electron chi connectivity index (χ1n) is 3.78. The zero-order chi connectivity index (χ0) is 10.6. The van der Waals surface area contributed by atoms with E-state index in [-0.39, 0.29) is 5.69 Å². The second-order valence-corrected chi connectivity index (χ2v) is 2.54. The Labute approximate surface area is 80.4 Å². The largest absolute Gasteiger partial charge is 0.331 e. The van der Waals surface area contributed by atoms with Crippen molar-refractivity contribution in [3.8, 4) is 6.07 Å². The van der Waals surface area contributed by atoms with Crippen molar-refractivity contribution in [2.45, 2.75) is 6.92 Å². The highest BCUT2D eigenvalue weighted by Crippen LogP contribution is 2.01. The standard InChI is InChI=1S/C8H8N4O2/c1-6(13)14-10-4-7-5-12(2)11-8(7)3-9/h4-5H,1-2H3. The van der Waals surface area contributed by atoms with Crippen molar-refractivity contribution in [2.24, 2.45) is 12.2 Å². The second-order valence-electron chi connectivity index (χ2n) is 2.54. The number of nitrogens with zero attached hydrogens (tertiary/aromatic N) is 4. The molecule has 0 amide bonds. The number of carbonyl (C=O) groups excluding carboxylic acids is 1. The molecule has 0 N–H and O–H groups in total. The lowest BCUT2D eigenvalue weighted by Gasteiger charge is -1.87. The smallest absolute Gasteiger partial charge is 0.319 e. The lowest BCUT2D eigenvalue weighted by molar-refractivity contribution is -0.140. The zero-order valence-electron chi connectivity index (χ0n) is 7.76. The molecule has 1 rings (SSSR count). The molecule has 0 aliphatic rings. The summed E-state index contributed by atoms with van der Waals surface area (Å²) in [5.41, 5.74) is 0.750. The summed E-state index contributed by atoms with van der Waals surface area (Å²) in [5.74, 6) is -0.511. The van der Waals surface area contributed by atoms with Crippen LogP contribution < -0.4 is 0 Å². The maximum Gasteiger partial charge on any atom is 0.331 e. The van der Waals surface area contributed by atoms with Crippen LogP contribution in [0.4, 0.5) is 0 Å². The van der Waals surface area contributed by atoms with E-state index in [0.29, 0.717) is 5.56 Å². The van der Waals surface area contributed by atoms with Crippen LogP contribution in [0, 0.1) is 11.3 Å². The van der Waals surface area contributed by atoms with Crippen LogP contribution in [0.25, 0.3) is 0 Å². The molecular weight excluding hydrogens is 184 g/mol. The first-order chi connectivity index (χ1) is 6.63. The minimum absolute atomic E-state index is 0.239. The number of hydrogen-bond acceptors (Lipinski definition) is 5. The summed E-state index contributed by atoms with van der Waals surface area (Å²) in [6, 6.07) is 1.89. The Morgan fingerprint density at radius 2 is 2.57 bits per heavy atom. The molecule has 0 spiro atoms. The Bertz CT molecular complexity index is 413. The molecule has 0 saturated heterocycles. The first kappa shape index (κ1) is 9.92. The van der Waals surface area contributed by atoms with Crippen LogP contribution in [0.3, 0.4) is 0 Å². The van der Waals surface area contributed by atoms with Gasteiger partial charge in [-0.3, -0.25) is 4.68 Å². The predicted octanol–water partition coefficient (Wildman–Crippen LogP) is 0.189. The molecule has 1 aromatic rings. The first-order valence-corrected chi connectivity index (χ1v) is 3.78. The number of hydrogen-bond donors (Lipinski definition) is 0. The SMILES string of the molecule is CC(=O)ON=Cc1cn(C)nc1C#N. The summed E-state index contributed by atoms with van der Waals surface area (Å²) in [7, 11) is 1.68. The van der Waals surface area contributed by atoms with E-state index >= 15 is 0 Å². The minimum atomic E-state index is -0.511. The maximum atomic E-state index is 10.4. The van der Waals surface area contributed by atoms with Gasteiger partial charge in [0.15, 0.2) is 5.69 Å². The fourth-order valence-corrected chi connectivity index (χ4v) is 0.846. The summed E-state index contributed by atoms with van der Waals surface area (Å²) in [5, 5.41) is 15.9. The highest BCUT2D eigenvalue weighted by Gasteiger charge is 2.03. The third kappa shape index (κ3) is 2.42. The van der Waals surface area contributed by atoms with E-state index in [1.54, 1.807) is 13.2 Å². The molecular formula is C8H8N4O2. The van der Waals surface area contributed by atoms with E-state index in [4.69, 9.17) is 5.26 Å². The molecule has 0 saturated carbocycles. The average Bonchev–Trinajstić information content (AvgIpc) is 2.45. The second kappa shape index (κ2) is 4.18. The lowest BCUT2D eigenvalue weighted by atomic mass is 10.3. The van der Waals surface area contributed by atoms with E-state index < -0.39 is 5.97 Å². The molecule has 6 heteroatoms. The van der Waals surface area contributed by atoms with Gasteiger partial charge in [-0.25, -0.2) is 4.79 Å². The third-order valence-electron chi connectivity index (χ3n) is 1.34.